The second kappa shape index (κ2) is 7.36. The van der Waals surface area contributed by atoms with Gasteiger partial charge in [0, 0.05) is 31.7 Å². The van der Waals surface area contributed by atoms with Crippen LogP contribution in [-0.2, 0) is 28.6 Å². The number of nitrogens with one attached hydrogen (secondary N) is 1. The van der Waals surface area contributed by atoms with E-state index in [0.717, 1.165) is 13.8 Å². The molecular formula is C11H13F3N4O6. The van der Waals surface area contributed by atoms with Gasteiger partial charge in [-0.25, -0.2) is 0 Å². The van der Waals surface area contributed by atoms with Crippen LogP contribution >= 0.6 is 0 Å². The van der Waals surface area contributed by atoms with E-state index in [1.54, 1.807) is 5.32 Å². The number of esters is 2. The van der Waals surface area contributed by atoms with Crippen LogP contribution in [0.2, 0.25) is 0 Å². The maximum atomic E-state index is 12.2. The van der Waals surface area contributed by atoms with E-state index in [4.69, 9.17) is 19.7 Å². The van der Waals surface area contributed by atoms with E-state index < -0.39 is 48.7 Å². The molecule has 1 saturated heterocycles. The van der Waals surface area contributed by atoms with E-state index in [9.17, 15) is 27.6 Å². The summed E-state index contributed by atoms with van der Waals surface area (Å²) in [5, 5.41) is 4.73. The van der Waals surface area contributed by atoms with Crippen molar-refractivity contribution in [2.45, 2.75) is 44.6 Å². The normalized spacial score (nSPS) is 26.2. The van der Waals surface area contributed by atoms with E-state index in [0.29, 0.717) is 0 Å². The number of azide groups is 1. The molecule has 0 aliphatic carbocycles. The van der Waals surface area contributed by atoms with Gasteiger partial charge in [-0.1, -0.05) is 0 Å². The van der Waals surface area contributed by atoms with Gasteiger partial charge in [0.15, 0.2) is 6.10 Å². The minimum absolute atomic E-state index is 0.274. The molecule has 0 aromatic carbocycles. The number of hydrogen-bond donors (Lipinski definition) is 1. The van der Waals surface area contributed by atoms with Crippen LogP contribution in [0.15, 0.2) is 5.11 Å². The quantitative estimate of drug-likeness (QED) is 0.337. The molecule has 13 heteroatoms. The lowest BCUT2D eigenvalue weighted by molar-refractivity contribution is -0.248. The van der Waals surface area contributed by atoms with E-state index in [-0.39, 0.29) is 6.42 Å². The third-order valence-electron chi connectivity index (χ3n) is 2.75. The standard InChI is InChI=1S/C11H13F3N4O6/c1-5(19)22-8-3-7(4-16-9(21)10(12,13)14)24-11(8,17-18-15)23-6(2)20/h7-8H,3-4H2,1-2H3,(H,16,21)/t7-,8+,11-/m0/s1. The van der Waals surface area contributed by atoms with E-state index in [1.165, 1.54) is 0 Å². The van der Waals surface area contributed by atoms with Crippen molar-refractivity contribution in [3.8, 4) is 0 Å². The minimum Gasteiger partial charge on any atom is -0.455 e. The fraction of sp³-hybridized carbons (Fsp3) is 0.727. The molecule has 1 heterocycles. The molecule has 1 N–H and O–H groups in total. The Hall–Kier alpha value is -2.53. The van der Waals surface area contributed by atoms with Gasteiger partial charge in [0.2, 0.25) is 0 Å². The van der Waals surface area contributed by atoms with Crippen molar-refractivity contribution in [1.82, 2.24) is 5.32 Å². The second-order valence-electron chi connectivity index (χ2n) is 4.70. The molecule has 0 bridgehead atoms. The third-order valence-corrected chi connectivity index (χ3v) is 2.75. The van der Waals surface area contributed by atoms with Gasteiger partial charge in [0.25, 0.3) is 0 Å². The molecule has 1 rings (SSSR count). The van der Waals surface area contributed by atoms with Gasteiger partial charge in [-0.15, -0.1) is 0 Å². The molecule has 0 spiro atoms. The van der Waals surface area contributed by atoms with Crippen LogP contribution in [0.25, 0.3) is 10.4 Å². The summed E-state index contributed by atoms with van der Waals surface area (Å²) in [5.41, 5.74) is 8.60. The van der Waals surface area contributed by atoms with Gasteiger partial charge in [-0.05, 0) is 10.6 Å². The highest BCUT2D eigenvalue weighted by Crippen LogP contribution is 2.36. The number of amides is 1. The highest BCUT2D eigenvalue weighted by Gasteiger charge is 2.54. The monoisotopic (exact) mass is 354 g/mol. The number of alkyl halides is 3. The van der Waals surface area contributed by atoms with Crippen LogP contribution in [-0.4, -0.2) is 48.7 Å². The minimum atomic E-state index is -5.09. The van der Waals surface area contributed by atoms with E-state index in [1.807, 2.05) is 0 Å². The molecule has 0 unspecified atom stereocenters. The van der Waals surface area contributed by atoms with E-state index >= 15 is 0 Å². The predicted octanol–water partition coefficient (Wildman–Crippen LogP) is 0.913. The van der Waals surface area contributed by atoms with Crippen LogP contribution in [0.3, 0.4) is 0 Å². The van der Waals surface area contributed by atoms with Crippen molar-refractivity contribution < 1.29 is 41.8 Å². The third kappa shape index (κ3) is 4.99. The first kappa shape index (κ1) is 19.5. The fourth-order valence-electron chi connectivity index (χ4n) is 1.97. The van der Waals surface area contributed by atoms with Crippen LogP contribution < -0.4 is 5.32 Å². The highest BCUT2D eigenvalue weighted by atomic mass is 19.4. The summed E-state index contributed by atoms with van der Waals surface area (Å²) in [6.45, 7) is 1.34. The molecule has 0 radical (unpaired) electrons. The second-order valence-corrected chi connectivity index (χ2v) is 4.70. The Bertz CT molecular complexity index is 577. The van der Waals surface area contributed by atoms with Crippen molar-refractivity contribution in [3.63, 3.8) is 0 Å². The Balaban J connectivity index is 2.93. The molecule has 0 aromatic rings. The number of nitrogens with zero attached hydrogens (tertiary/aromatic N) is 3. The maximum Gasteiger partial charge on any atom is 0.471 e. The van der Waals surface area contributed by atoms with Crippen molar-refractivity contribution in [3.05, 3.63) is 10.4 Å². The molecule has 134 valence electrons. The van der Waals surface area contributed by atoms with Crippen molar-refractivity contribution in [1.29, 1.82) is 0 Å². The average molecular weight is 354 g/mol. The summed E-state index contributed by atoms with van der Waals surface area (Å²) in [7, 11) is 0. The zero-order chi connectivity index (χ0) is 18.5. The van der Waals surface area contributed by atoms with Gasteiger partial charge in [0.1, 0.15) is 0 Å². The van der Waals surface area contributed by atoms with Crippen molar-refractivity contribution >= 4 is 17.8 Å². The van der Waals surface area contributed by atoms with Crippen LogP contribution in [0.1, 0.15) is 20.3 Å². The zero-order valence-electron chi connectivity index (χ0n) is 12.5. The molecule has 1 amide bonds. The maximum absolute atomic E-state index is 12.2. The molecule has 1 aliphatic heterocycles. The Labute approximate surface area is 132 Å². The molecule has 24 heavy (non-hydrogen) atoms. The Morgan fingerprint density at radius 1 is 1.38 bits per heavy atom. The summed E-state index contributed by atoms with van der Waals surface area (Å²) >= 11 is 0. The summed E-state index contributed by atoms with van der Waals surface area (Å²) in [4.78, 5) is 35.5. The smallest absolute Gasteiger partial charge is 0.455 e. The predicted molar refractivity (Wildman–Crippen MR) is 67.8 cm³/mol. The Morgan fingerprint density at radius 3 is 2.46 bits per heavy atom. The SMILES string of the molecule is CC(=O)O[C@@H]1C[C@@H](CNC(=O)C(F)(F)F)O[C@@]1(N=[N+]=[N-])OC(C)=O. The zero-order valence-corrected chi connectivity index (χ0v) is 12.5. The average Bonchev–Trinajstić information content (AvgIpc) is 2.71. The first-order chi connectivity index (χ1) is 11.0. The van der Waals surface area contributed by atoms with E-state index in [2.05, 4.69) is 10.0 Å². The molecule has 1 fully saturated rings. The van der Waals surface area contributed by atoms with Gasteiger partial charge in [-0.2, -0.15) is 13.2 Å². The van der Waals surface area contributed by atoms with Gasteiger partial charge >= 0.3 is 29.9 Å². The van der Waals surface area contributed by atoms with Gasteiger partial charge in [-0.3, -0.25) is 14.4 Å². The van der Waals surface area contributed by atoms with Crippen LogP contribution in [0, 0.1) is 0 Å². The first-order valence-corrected chi connectivity index (χ1v) is 6.46. The molecule has 10 nitrogen and oxygen atoms in total. The molecule has 0 aromatic heterocycles. The number of carbonyl (C=O) groups is 3. The number of halogens is 3. The van der Waals surface area contributed by atoms with Gasteiger partial charge < -0.3 is 19.5 Å². The Kier molecular flexibility index (Phi) is 5.99. The molecular weight excluding hydrogens is 341 g/mol. The highest BCUT2D eigenvalue weighted by molar-refractivity contribution is 5.81. The Morgan fingerprint density at radius 2 is 2.00 bits per heavy atom. The largest absolute Gasteiger partial charge is 0.471 e. The summed E-state index contributed by atoms with van der Waals surface area (Å²) < 4.78 is 51.2. The number of carbonyl (C=O) groups excluding carboxylic acids is 3. The lowest BCUT2D eigenvalue weighted by atomic mass is 10.1. The first-order valence-electron chi connectivity index (χ1n) is 6.46. The fourth-order valence-corrected chi connectivity index (χ4v) is 1.97. The van der Waals surface area contributed by atoms with Crippen molar-refractivity contribution in [2.24, 2.45) is 5.11 Å². The van der Waals surface area contributed by atoms with Crippen molar-refractivity contribution in [2.75, 3.05) is 6.54 Å². The summed E-state index contributed by atoms with van der Waals surface area (Å²) in [6.07, 6.45) is -7.91. The lowest BCUT2D eigenvalue weighted by Crippen LogP contribution is -2.44. The van der Waals surface area contributed by atoms with Gasteiger partial charge in [0.05, 0.1) is 6.10 Å². The molecule has 3 atom stereocenters. The van der Waals surface area contributed by atoms with Crippen LogP contribution in [0.4, 0.5) is 13.2 Å². The summed E-state index contributed by atoms with van der Waals surface area (Å²) in [6, 6.07) is 0. The summed E-state index contributed by atoms with van der Waals surface area (Å²) in [5.74, 6) is -6.34. The molecule has 1 aliphatic rings. The number of rotatable bonds is 5. The number of hydrogen-bond acceptors (Lipinski definition) is 7. The van der Waals surface area contributed by atoms with Crippen LogP contribution in [0.5, 0.6) is 0 Å². The number of ether oxygens (including phenoxy) is 3. The topological polar surface area (TPSA) is 140 Å². The molecule has 0 saturated carbocycles. The lowest BCUT2D eigenvalue weighted by Gasteiger charge is -2.28.